The molecule has 0 saturated carbocycles. The number of anilines is 2. The summed E-state index contributed by atoms with van der Waals surface area (Å²) >= 11 is 1.53. The topological polar surface area (TPSA) is 88.2 Å². The van der Waals surface area contributed by atoms with E-state index in [4.69, 9.17) is 10.8 Å². The highest BCUT2D eigenvalue weighted by molar-refractivity contribution is 7.07. The molecule has 2 aromatic rings. The van der Waals surface area contributed by atoms with Crippen LogP contribution in [0.15, 0.2) is 29.1 Å². The molecule has 0 fully saturated rings. The van der Waals surface area contributed by atoms with Crippen LogP contribution in [0.25, 0.3) is 0 Å². The highest BCUT2D eigenvalue weighted by atomic mass is 32.1. The number of nitrogens with zero attached hydrogens (tertiary/aromatic N) is 1. The maximum Gasteiger partial charge on any atom is 0.335 e. The molecule has 6 heteroatoms. The van der Waals surface area contributed by atoms with Crippen molar-refractivity contribution in [2.45, 2.75) is 6.54 Å². The molecule has 0 atom stereocenters. The summed E-state index contributed by atoms with van der Waals surface area (Å²) in [6.45, 7) is 0.570. The van der Waals surface area contributed by atoms with Crippen molar-refractivity contribution in [1.82, 2.24) is 4.98 Å². The minimum absolute atomic E-state index is 0.182. The zero-order valence-electron chi connectivity index (χ0n) is 8.88. The Morgan fingerprint density at radius 1 is 1.53 bits per heavy atom. The van der Waals surface area contributed by atoms with Gasteiger partial charge in [-0.2, -0.15) is 0 Å². The third kappa shape index (κ3) is 2.73. The zero-order chi connectivity index (χ0) is 12.3. The van der Waals surface area contributed by atoms with E-state index >= 15 is 0 Å². The molecule has 0 aliphatic rings. The van der Waals surface area contributed by atoms with Crippen LogP contribution in [0, 0.1) is 0 Å². The monoisotopic (exact) mass is 249 g/mol. The molecular formula is C11H11N3O2S. The van der Waals surface area contributed by atoms with E-state index in [0.717, 1.165) is 5.69 Å². The maximum absolute atomic E-state index is 10.7. The second kappa shape index (κ2) is 4.84. The Morgan fingerprint density at radius 2 is 2.35 bits per heavy atom. The van der Waals surface area contributed by atoms with Crippen LogP contribution in [-0.2, 0) is 6.54 Å². The summed E-state index contributed by atoms with van der Waals surface area (Å²) in [6, 6.07) is 4.61. The largest absolute Gasteiger partial charge is 0.478 e. The fourth-order valence-electron chi connectivity index (χ4n) is 1.37. The summed E-state index contributed by atoms with van der Waals surface area (Å²) in [5, 5.41) is 13.8. The molecule has 0 aliphatic carbocycles. The Bertz CT molecular complexity index is 526. The molecule has 0 saturated heterocycles. The number of carboxylic acid groups (broad SMARTS) is 1. The van der Waals surface area contributed by atoms with Crippen molar-refractivity contribution in [2.75, 3.05) is 11.1 Å². The van der Waals surface area contributed by atoms with E-state index in [1.807, 2.05) is 5.38 Å². The first-order valence-corrected chi connectivity index (χ1v) is 5.85. The fourth-order valence-corrected chi connectivity index (χ4v) is 1.93. The highest BCUT2D eigenvalue weighted by Gasteiger charge is 2.06. The van der Waals surface area contributed by atoms with Gasteiger partial charge in [0.05, 0.1) is 34.7 Å². The van der Waals surface area contributed by atoms with Crippen LogP contribution >= 0.6 is 11.3 Å². The smallest absolute Gasteiger partial charge is 0.335 e. The van der Waals surface area contributed by atoms with Gasteiger partial charge >= 0.3 is 5.97 Å². The van der Waals surface area contributed by atoms with E-state index in [1.165, 1.54) is 23.5 Å². The van der Waals surface area contributed by atoms with Crippen LogP contribution in [0.1, 0.15) is 16.1 Å². The van der Waals surface area contributed by atoms with Crippen molar-refractivity contribution in [2.24, 2.45) is 0 Å². The number of hydrogen-bond acceptors (Lipinski definition) is 5. The van der Waals surface area contributed by atoms with Gasteiger partial charge in [-0.05, 0) is 18.2 Å². The molecule has 1 aromatic heterocycles. The van der Waals surface area contributed by atoms with E-state index in [-0.39, 0.29) is 5.56 Å². The molecule has 1 heterocycles. The molecule has 0 aliphatic heterocycles. The van der Waals surface area contributed by atoms with Crippen molar-refractivity contribution >= 4 is 28.7 Å². The minimum atomic E-state index is -0.984. The normalized spacial score (nSPS) is 10.1. The lowest BCUT2D eigenvalue weighted by Crippen LogP contribution is -2.04. The molecule has 1 aromatic carbocycles. The van der Waals surface area contributed by atoms with E-state index in [1.54, 1.807) is 11.6 Å². The number of aromatic carboxylic acids is 1. The first kappa shape index (κ1) is 11.4. The molecule has 0 unspecified atom stereocenters. The van der Waals surface area contributed by atoms with Crippen LogP contribution < -0.4 is 11.1 Å². The summed E-state index contributed by atoms with van der Waals surface area (Å²) in [5.41, 5.74) is 9.75. The zero-order valence-corrected chi connectivity index (χ0v) is 9.70. The highest BCUT2D eigenvalue weighted by Crippen LogP contribution is 2.20. The van der Waals surface area contributed by atoms with Crippen molar-refractivity contribution in [3.05, 3.63) is 40.3 Å². The molecule has 88 valence electrons. The third-order valence-corrected chi connectivity index (χ3v) is 2.88. The van der Waals surface area contributed by atoms with Gasteiger partial charge in [0, 0.05) is 5.38 Å². The van der Waals surface area contributed by atoms with E-state index in [9.17, 15) is 4.79 Å². The number of rotatable bonds is 4. The number of benzene rings is 1. The summed E-state index contributed by atoms with van der Waals surface area (Å²) < 4.78 is 0. The van der Waals surface area contributed by atoms with Crippen LogP contribution in [0.3, 0.4) is 0 Å². The van der Waals surface area contributed by atoms with Crippen LogP contribution in [0.4, 0.5) is 11.4 Å². The summed E-state index contributed by atoms with van der Waals surface area (Å²) in [5.74, 6) is -0.984. The number of aromatic nitrogens is 1. The SMILES string of the molecule is Nc1cc(C(=O)O)ccc1NCc1cscn1. The van der Waals surface area contributed by atoms with Gasteiger partial charge < -0.3 is 16.2 Å². The second-order valence-electron chi connectivity index (χ2n) is 3.44. The lowest BCUT2D eigenvalue weighted by Gasteiger charge is -2.08. The van der Waals surface area contributed by atoms with Crippen molar-refractivity contribution < 1.29 is 9.90 Å². The van der Waals surface area contributed by atoms with E-state index < -0.39 is 5.97 Å². The third-order valence-electron chi connectivity index (χ3n) is 2.24. The Labute approximate surface area is 102 Å². The fraction of sp³-hybridized carbons (Fsp3) is 0.0909. The van der Waals surface area contributed by atoms with Gasteiger partial charge in [0.15, 0.2) is 0 Å². The number of carbonyl (C=O) groups is 1. The quantitative estimate of drug-likeness (QED) is 0.721. The Hall–Kier alpha value is -2.08. The maximum atomic E-state index is 10.7. The number of nitrogen functional groups attached to an aromatic ring is 1. The molecule has 0 radical (unpaired) electrons. The molecule has 0 spiro atoms. The van der Waals surface area contributed by atoms with Gasteiger partial charge in [-0.15, -0.1) is 11.3 Å². The summed E-state index contributed by atoms with van der Waals surface area (Å²) in [7, 11) is 0. The molecule has 4 N–H and O–H groups in total. The Balaban J connectivity index is 2.09. The molecule has 0 amide bonds. The van der Waals surface area contributed by atoms with E-state index in [2.05, 4.69) is 10.3 Å². The van der Waals surface area contributed by atoms with Crippen molar-refractivity contribution in [3.8, 4) is 0 Å². The predicted octanol–water partition coefficient (Wildman–Crippen LogP) is 2.04. The van der Waals surface area contributed by atoms with Gasteiger partial charge in [0.1, 0.15) is 0 Å². The standard InChI is InChI=1S/C11H11N3O2S/c12-9-3-7(11(15)16)1-2-10(9)13-4-8-5-17-6-14-8/h1-3,5-6,13H,4,12H2,(H,15,16). The predicted molar refractivity (Wildman–Crippen MR) is 67.3 cm³/mol. The molecule has 0 bridgehead atoms. The van der Waals surface area contributed by atoms with Gasteiger partial charge in [0.25, 0.3) is 0 Å². The molecular weight excluding hydrogens is 238 g/mol. The van der Waals surface area contributed by atoms with Gasteiger partial charge in [0.2, 0.25) is 0 Å². The van der Waals surface area contributed by atoms with Gasteiger partial charge in [-0.1, -0.05) is 0 Å². The number of hydrogen-bond donors (Lipinski definition) is 3. The molecule has 5 nitrogen and oxygen atoms in total. The average molecular weight is 249 g/mol. The second-order valence-corrected chi connectivity index (χ2v) is 4.16. The molecule has 2 rings (SSSR count). The summed E-state index contributed by atoms with van der Waals surface area (Å²) in [6.07, 6.45) is 0. The first-order valence-electron chi connectivity index (χ1n) is 4.90. The number of thiazole rings is 1. The van der Waals surface area contributed by atoms with Gasteiger partial charge in [-0.3, -0.25) is 0 Å². The van der Waals surface area contributed by atoms with Crippen LogP contribution in [-0.4, -0.2) is 16.1 Å². The number of carboxylic acids is 1. The lowest BCUT2D eigenvalue weighted by atomic mass is 10.1. The van der Waals surface area contributed by atoms with Crippen molar-refractivity contribution in [3.63, 3.8) is 0 Å². The van der Waals surface area contributed by atoms with Crippen LogP contribution in [0.2, 0.25) is 0 Å². The molecule has 17 heavy (non-hydrogen) atoms. The van der Waals surface area contributed by atoms with E-state index in [0.29, 0.717) is 17.9 Å². The number of nitrogens with one attached hydrogen (secondary N) is 1. The van der Waals surface area contributed by atoms with Crippen LogP contribution in [0.5, 0.6) is 0 Å². The van der Waals surface area contributed by atoms with Crippen molar-refractivity contribution in [1.29, 1.82) is 0 Å². The minimum Gasteiger partial charge on any atom is -0.478 e. The lowest BCUT2D eigenvalue weighted by molar-refractivity contribution is 0.0697. The first-order chi connectivity index (χ1) is 8.16. The number of nitrogens with two attached hydrogens (primary N) is 1. The average Bonchev–Trinajstić information content (AvgIpc) is 2.80. The van der Waals surface area contributed by atoms with Gasteiger partial charge in [-0.25, -0.2) is 9.78 Å². The summed E-state index contributed by atoms with van der Waals surface area (Å²) in [4.78, 5) is 14.9. The Morgan fingerprint density at radius 3 is 2.94 bits per heavy atom. The Kier molecular flexibility index (Phi) is 3.24.